The number of fused-ring (bicyclic) bond motifs is 4. The zero-order chi connectivity index (χ0) is 32.6. The zero-order valence-corrected chi connectivity index (χ0v) is 31.9. The molecule has 7 heteroatoms. The van der Waals surface area contributed by atoms with E-state index in [0.717, 1.165) is 56.6 Å². The van der Waals surface area contributed by atoms with Crippen LogP contribution in [0.5, 0.6) is 0 Å². The van der Waals surface area contributed by atoms with Crippen LogP contribution in [-0.4, -0.2) is 27.6 Å². The van der Waals surface area contributed by atoms with E-state index in [2.05, 4.69) is 117 Å². The van der Waals surface area contributed by atoms with Crippen LogP contribution in [0.3, 0.4) is 0 Å². The van der Waals surface area contributed by atoms with Crippen LogP contribution in [0.25, 0.3) is 55.7 Å². The van der Waals surface area contributed by atoms with Gasteiger partial charge in [-0.15, -0.1) is 53.6 Å². The van der Waals surface area contributed by atoms with Gasteiger partial charge in [-0.1, -0.05) is 88.0 Å². The van der Waals surface area contributed by atoms with Gasteiger partial charge in [0.15, 0.2) is 0 Å². The number of hydrogen-bond acceptors (Lipinski definition) is 4. The van der Waals surface area contributed by atoms with Crippen LogP contribution in [0.2, 0.25) is 19.6 Å². The summed E-state index contributed by atoms with van der Waals surface area (Å²) < 4.78 is 8.45. The topological polar surface area (TPSA) is 56.7 Å². The first kappa shape index (κ1) is 34.4. The summed E-state index contributed by atoms with van der Waals surface area (Å²) in [5, 5.41) is 3.64. The molecule has 0 saturated carbocycles. The first-order chi connectivity index (χ1) is 22.1. The largest absolute Gasteiger partial charge is 0.486 e. The maximum absolute atomic E-state index is 6.23. The summed E-state index contributed by atoms with van der Waals surface area (Å²) in [6, 6.07) is 31.4. The van der Waals surface area contributed by atoms with Crippen LogP contribution in [-0.2, 0) is 26.7 Å². The van der Waals surface area contributed by atoms with Crippen molar-refractivity contribution in [1.82, 2.24) is 19.5 Å². The van der Waals surface area contributed by atoms with Crippen LogP contribution in [0.1, 0.15) is 57.6 Å². The summed E-state index contributed by atoms with van der Waals surface area (Å²) in [4.78, 5) is 14.0. The van der Waals surface area contributed by atoms with Gasteiger partial charge in [0, 0.05) is 44.4 Å². The summed E-state index contributed by atoms with van der Waals surface area (Å²) >= 11 is 0. The van der Waals surface area contributed by atoms with Crippen molar-refractivity contribution in [2.45, 2.75) is 72.6 Å². The van der Waals surface area contributed by atoms with E-state index >= 15 is 0 Å². The molecule has 0 aliphatic heterocycles. The summed E-state index contributed by atoms with van der Waals surface area (Å²) in [7, 11) is -1.34. The number of aromatic nitrogens is 4. The molecule has 0 unspecified atom stereocenters. The number of nitrogens with zero attached hydrogens (tertiary/aromatic N) is 4. The molecule has 0 amide bonds. The van der Waals surface area contributed by atoms with Gasteiger partial charge >= 0.3 is 0 Å². The molecule has 243 valence electrons. The Hall–Kier alpha value is -3.90. The summed E-state index contributed by atoms with van der Waals surface area (Å²) in [6.45, 7) is 19.0. The van der Waals surface area contributed by atoms with Crippen LogP contribution in [0.4, 0.5) is 0 Å². The molecular weight excluding hydrogens is 773 g/mol. The third kappa shape index (κ3) is 6.75. The molecule has 47 heavy (non-hydrogen) atoms. The Kier molecular flexibility index (Phi) is 10.3. The molecule has 7 rings (SSSR count). The number of imidazole rings is 1. The van der Waals surface area contributed by atoms with Gasteiger partial charge in [0.25, 0.3) is 0 Å². The number of para-hydroxylation sites is 2. The van der Waals surface area contributed by atoms with E-state index in [0.29, 0.717) is 17.5 Å². The van der Waals surface area contributed by atoms with Crippen molar-refractivity contribution in [3.05, 3.63) is 108 Å². The Morgan fingerprint density at radius 1 is 0.872 bits per heavy atom. The maximum Gasteiger partial charge on any atom is 0.216 e. The first-order valence-electron chi connectivity index (χ1n) is 16.2. The van der Waals surface area contributed by atoms with Gasteiger partial charge in [0.05, 0.1) is 30.5 Å². The fourth-order valence-corrected chi connectivity index (χ4v) is 7.84. The van der Waals surface area contributed by atoms with Gasteiger partial charge in [0.1, 0.15) is 0 Å². The second-order valence-corrected chi connectivity index (χ2v) is 18.5. The van der Waals surface area contributed by atoms with Gasteiger partial charge in [0.2, 0.25) is 5.71 Å². The van der Waals surface area contributed by atoms with Gasteiger partial charge in [-0.05, 0) is 48.0 Å². The summed E-state index contributed by atoms with van der Waals surface area (Å²) in [6.07, 6.45) is 3.86. The quantitative estimate of drug-likeness (QED) is 0.124. The molecule has 4 heterocycles. The Bertz CT molecular complexity index is 2140. The molecule has 5 nitrogen and oxygen atoms in total. The van der Waals surface area contributed by atoms with Crippen LogP contribution in [0.15, 0.2) is 89.6 Å². The smallest absolute Gasteiger partial charge is 0.216 e. The molecule has 3 aromatic carbocycles. The standard InChI is InChI=1S/C23H20N3O.C17H22NSi.Ir/c1-4-26-19-10-6-5-9-18(19)25-22(26)17-12-11-15(14(2)3)20-16-8-7-13-24-23(16)27-21(17)20;1-13(2)15-11-16(14-9-7-6-8-10-14)18-12-17(15)19(3,4)5;/h5-11,13-14H,4H2,1-3H3;6-9,11-13H,1-5H3;/q2*-1;. The van der Waals surface area contributed by atoms with Crippen LogP contribution >= 0.6 is 0 Å². The average Bonchev–Trinajstić information content (AvgIpc) is 3.63. The van der Waals surface area contributed by atoms with Crippen molar-refractivity contribution in [3.8, 4) is 22.6 Å². The van der Waals surface area contributed by atoms with E-state index in [1.807, 2.05) is 42.5 Å². The molecule has 0 saturated heterocycles. The molecular formula is C40H42IrN4OSi-2. The van der Waals surface area contributed by atoms with Gasteiger partial charge in [-0.25, -0.2) is 4.98 Å². The van der Waals surface area contributed by atoms with E-state index in [4.69, 9.17) is 9.40 Å². The zero-order valence-electron chi connectivity index (χ0n) is 28.5. The minimum absolute atomic E-state index is 0. The van der Waals surface area contributed by atoms with Gasteiger partial charge in [-0.2, -0.15) is 0 Å². The number of benzene rings is 3. The van der Waals surface area contributed by atoms with Crippen molar-refractivity contribution in [3.63, 3.8) is 0 Å². The third-order valence-corrected chi connectivity index (χ3v) is 10.6. The fourth-order valence-electron chi connectivity index (χ4n) is 6.17. The number of rotatable bonds is 6. The molecule has 0 atom stereocenters. The normalized spacial score (nSPS) is 11.7. The summed E-state index contributed by atoms with van der Waals surface area (Å²) in [5.41, 5.74) is 9.26. The molecule has 0 aliphatic rings. The predicted molar refractivity (Wildman–Crippen MR) is 194 cm³/mol. The molecule has 0 bridgehead atoms. The SMILES string of the molecule is CC(C)c1cc(-c2[c-]cccc2)ncc1[Si](C)(C)C.CCn1c(-c2[c-]cc(C(C)C)c3c2oc2ncccc23)nc2ccccc21.[Ir]. The Morgan fingerprint density at radius 2 is 1.62 bits per heavy atom. The molecule has 0 spiro atoms. The number of aryl methyl sites for hydroxylation is 1. The van der Waals surface area contributed by atoms with Crippen molar-refractivity contribution < 1.29 is 24.5 Å². The molecule has 1 radical (unpaired) electrons. The number of furan rings is 1. The van der Waals surface area contributed by atoms with E-state index in [1.54, 1.807) is 6.20 Å². The van der Waals surface area contributed by atoms with Crippen LogP contribution < -0.4 is 5.19 Å². The van der Waals surface area contributed by atoms with Crippen molar-refractivity contribution in [1.29, 1.82) is 0 Å². The monoisotopic (exact) mass is 815 g/mol. The second kappa shape index (κ2) is 14.1. The van der Waals surface area contributed by atoms with E-state index in [-0.39, 0.29) is 20.1 Å². The second-order valence-electron chi connectivity index (χ2n) is 13.4. The number of pyridine rings is 2. The predicted octanol–water partition coefficient (Wildman–Crippen LogP) is 10.2. The Morgan fingerprint density at radius 3 is 2.30 bits per heavy atom. The minimum atomic E-state index is -1.34. The molecule has 7 aromatic rings. The molecule has 0 aliphatic carbocycles. The van der Waals surface area contributed by atoms with Gasteiger partial charge < -0.3 is 14.0 Å². The minimum Gasteiger partial charge on any atom is -0.486 e. The molecule has 0 N–H and O–H groups in total. The van der Waals surface area contributed by atoms with E-state index in [9.17, 15) is 0 Å². The third-order valence-electron chi connectivity index (χ3n) is 8.52. The van der Waals surface area contributed by atoms with E-state index in [1.165, 1.54) is 16.3 Å². The maximum atomic E-state index is 6.23. The fraction of sp³-hybridized carbons (Fsp3) is 0.275. The van der Waals surface area contributed by atoms with Crippen molar-refractivity contribution in [2.75, 3.05) is 0 Å². The Labute approximate surface area is 292 Å². The molecule has 4 aromatic heterocycles. The van der Waals surface area contributed by atoms with Crippen molar-refractivity contribution in [2.24, 2.45) is 0 Å². The molecule has 0 fully saturated rings. The summed E-state index contributed by atoms with van der Waals surface area (Å²) in [5.74, 6) is 1.79. The van der Waals surface area contributed by atoms with Crippen LogP contribution in [0, 0.1) is 12.1 Å². The first-order valence-corrected chi connectivity index (χ1v) is 19.7. The average molecular weight is 815 g/mol. The Balaban J connectivity index is 0.000000192. The van der Waals surface area contributed by atoms with Gasteiger partial charge in [-0.3, -0.25) is 4.98 Å². The van der Waals surface area contributed by atoms with Crippen molar-refractivity contribution >= 4 is 46.4 Å². The van der Waals surface area contributed by atoms with E-state index < -0.39 is 8.07 Å². The number of hydrogen-bond donors (Lipinski definition) is 0.